The SMILES string of the molecule is CC(CCc1ccc(O)cc1)N1CN(C(=O)NCc2ccc(F)cc2)N(C)CC1=O. The van der Waals surface area contributed by atoms with E-state index in [2.05, 4.69) is 5.32 Å². The van der Waals surface area contributed by atoms with Gasteiger partial charge in [-0.3, -0.25) is 4.79 Å². The molecule has 1 aliphatic rings. The molecule has 2 N–H and O–H groups in total. The highest BCUT2D eigenvalue weighted by atomic mass is 19.1. The van der Waals surface area contributed by atoms with E-state index in [4.69, 9.17) is 0 Å². The molecule has 1 saturated heterocycles. The number of rotatable bonds is 6. The van der Waals surface area contributed by atoms with Crippen LogP contribution in [0, 0.1) is 5.82 Å². The molecule has 7 nitrogen and oxygen atoms in total. The van der Waals surface area contributed by atoms with Crippen molar-refractivity contribution in [1.82, 2.24) is 20.2 Å². The topological polar surface area (TPSA) is 76.1 Å². The van der Waals surface area contributed by atoms with Gasteiger partial charge in [0.2, 0.25) is 5.91 Å². The number of nitrogens with zero attached hydrogens (tertiary/aromatic N) is 3. The van der Waals surface area contributed by atoms with E-state index in [9.17, 15) is 19.1 Å². The van der Waals surface area contributed by atoms with E-state index in [1.165, 1.54) is 17.1 Å². The first-order valence-corrected chi connectivity index (χ1v) is 9.91. The summed E-state index contributed by atoms with van der Waals surface area (Å²) in [5.41, 5.74) is 1.87. The van der Waals surface area contributed by atoms with Gasteiger partial charge in [-0.25, -0.2) is 19.2 Å². The van der Waals surface area contributed by atoms with E-state index < -0.39 is 0 Å². The number of phenolic OH excluding ortho intramolecular Hbond substituents is 1. The number of amides is 3. The minimum absolute atomic E-state index is 0.0294. The number of likely N-dealkylation sites (N-methyl/N-ethyl adjacent to an activating group) is 1. The zero-order valence-corrected chi connectivity index (χ0v) is 17.2. The van der Waals surface area contributed by atoms with Gasteiger partial charge in [-0.15, -0.1) is 0 Å². The minimum atomic E-state index is -0.323. The quantitative estimate of drug-likeness (QED) is 0.762. The van der Waals surface area contributed by atoms with Crippen LogP contribution in [0.2, 0.25) is 0 Å². The number of nitrogens with one attached hydrogen (secondary N) is 1. The van der Waals surface area contributed by atoms with Crippen LogP contribution < -0.4 is 5.32 Å². The number of hydrazine groups is 1. The molecule has 8 heteroatoms. The number of benzene rings is 2. The number of urea groups is 1. The Morgan fingerprint density at radius 2 is 1.77 bits per heavy atom. The predicted octanol–water partition coefficient (Wildman–Crippen LogP) is 2.71. The van der Waals surface area contributed by atoms with Crippen molar-refractivity contribution in [1.29, 1.82) is 0 Å². The molecule has 1 fully saturated rings. The molecule has 1 atom stereocenters. The van der Waals surface area contributed by atoms with Crippen molar-refractivity contribution < 1.29 is 19.1 Å². The predicted molar refractivity (Wildman–Crippen MR) is 111 cm³/mol. The Morgan fingerprint density at radius 3 is 2.43 bits per heavy atom. The Balaban J connectivity index is 1.56. The zero-order valence-electron chi connectivity index (χ0n) is 17.2. The second-order valence-corrected chi connectivity index (χ2v) is 7.56. The first-order valence-electron chi connectivity index (χ1n) is 9.91. The summed E-state index contributed by atoms with van der Waals surface area (Å²) < 4.78 is 13.0. The first-order chi connectivity index (χ1) is 14.3. The summed E-state index contributed by atoms with van der Waals surface area (Å²) >= 11 is 0. The van der Waals surface area contributed by atoms with Gasteiger partial charge in [0.1, 0.15) is 18.2 Å². The fraction of sp³-hybridized carbons (Fsp3) is 0.364. The number of carbonyl (C=O) groups is 2. The third-order valence-electron chi connectivity index (χ3n) is 5.29. The van der Waals surface area contributed by atoms with Crippen LogP contribution in [-0.4, -0.2) is 58.3 Å². The number of halogens is 1. The summed E-state index contributed by atoms with van der Waals surface area (Å²) in [6.45, 7) is 2.53. The molecule has 0 spiro atoms. The molecule has 30 heavy (non-hydrogen) atoms. The summed E-state index contributed by atoms with van der Waals surface area (Å²) in [5.74, 6) is -0.127. The fourth-order valence-electron chi connectivity index (χ4n) is 3.37. The number of hydrogen-bond donors (Lipinski definition) is 2. The average Bonchev–Trinajstić information content (AvgIpc) is 2.72. The molecule has 0 aromatic heterocycles. The van der Waals surface area contributed by atoms with E-state index in [1.807, 2.05) is 19.1 Å². The summed E-state index contributed by atoms with van der Waals surface area (Å²) in [4.78, 5) is 26.9. The van der Waals surface area contributed by atoms with Gasteiger partial charge in [-0.1, -0.05) is 24.3 Å². The first kappa shape index (κ1) is 21.6. The van der Waals surface area contributed by atoms with Crippen molar-refractivity contribution in [3.63, 3.8) is 0 Å². The van der Waals surface area contributed by atoms with E-state index in [0.29, 0.717) is 0 Å². The van der Waals surface area contributed by atoms with Crippen molar-refractivity contribution >= 4 is 11.9 Å². The van der Waals surface area contributed by atoms with Gasteiger partial charge >= 0.3 is 6.03 Å². The second kappa shape index (κ2) is 9.58. The van der Waals surface area contributed by atoms with Crippen molar-refractivity contribution in [3.05, 3.63) is 65.5 Å². The molecule has 2 aromatic carbocycles. The maximum Gasteiger partial charge on any atom is 0.333 e. The molecule has 0 saturated carbocycles. The molecule has 1 unspecified atom stereocenters. The smallest absolute Gasteiger partial charge is 0.333 e. The van der Waals surface area contributed by atoms with E-state index in [1.54, 1.807) is 41.2 Å². The normalized spacial score (nSPS) is 15.9. The Kier molecular flexibility index (Phi) is 6.89. The van der Waals surface area contributed by atoms with Crippen LogP contribution >= 0.6 is 0 Å². The number of aromatic hydroxyl groups is 1. The number of carbonyl (C=O) groups excluding carboxylic acids is 2. The fourth-order valence-corrected chi connectivity index (χ4v) is 3.37. The van der Waals surface area contributed by atoms with E-state index in [0.717, 1.165) is 24.0 Å². The largest absolute Gasteiger partial charge is 0.508 e. The van der Waals surface area contributed by atoms with Crippen LogP contribution in [0.5, 0.6) is 5.75 Å². The molecule has 3 amide bonds. The summed E-state index contributed by atoms with van der Waals surface area (Å²) in [5, 5.41) is 15.3. The molecule has 1 aliphatic heterocycles. The van der Waals surface area contributed by atoms with Crippen LogP contribution in [0.15, 0.2) is 48.5 Å². The van der Waals surface area contributed by atoms with Crippen molar-refractivity contribution in [3.8, 4) is 5.75 Å². The lowest BCUT2D eigenvalue weighted by atomic mass is 10.0. The van der Waals surface area contributed by atoms with E-state index in [-0.39, 0.29) is 49.3 Å². The molecular formula is C22H27FN4O3. The van der Waals surface area contributed by atoms with Crippen LogP contribution in [0.3, 0.4) is 0 Å². The summed E-state index contributed by atoms with van der Waals surface area (Å²) in [6.07, 6.45) is 1.50. The molecule has 160 valence electrons. The van der Waals surface area contributed by atoms with Crippen molar-refractivity contribution in [2.45, 2.75) is 32.4 Å². The highest BCUT2D eigenvalue weighted by molar-refractivity contribution is 5.82. The third-order valence-corrected chi connectivity index (χ3v) is 5.29. The number of hydrogen-bond acceptors (Lipinski definition) is 4. The lowest BCUT2D eigenvalue weighted by Crippen LogP contribution is -2.63. The molecule has 0 radical (unpaired) electrons. The Hall–Kier alpha value is -3.13. The van der Waals surface area contributed by atoms with Crippen LogP contribution in [0.1, 0.15) is 24.5 Å². The van der Waals surface area contributed by atoms with Crippen LogP contribution in [0.4, 0.5) is 9.18 Å². The standard InChI is InChI=1S/C22H27FN4O3/c1-16(3-4-17-7-11-20(28)12-8-17)26-15-27(25(2)14-21(26)29)22(30)24-13-18-5-9-19(23)10-6-18/h5-12,16,28H,3-4,13-15H2,1-2H3,(H,24,30). The van der Waals surface area contributed by atoms with Gasteiger partial charge in [0.25, 0.3) is 0 Å². The van der Waals surface area contributed by atoms with Crippen LogP contribution in [0.25, 0.3) is 0 Å². The van der Waals surface area contributed by atoms with Crippen LogP contribution in [-0.2, 0) is 17.8 Å². The molecule has 1 heterocycles. The van der Waals surface area contributed by atoms with Gasteiger partial charge in [0.05, 0.1) is 6.54 Å². The Bertz CT molecular complexity index is 873. The highest BCUT2D eigenvalue weighted by Gasteiger charge is 2.33. The lowest BCUT2D eigenvalue weighted by Gasteiger charge is -2.43. The Labute approximate surface area is 175 Å². The number of aryl methyl sites for hydroxylation is 1. The molecular weight excluding hydrogens is 387 g/mol. The van der Waals surface area contributed by atoms with Gasteiger partial charge in [-0.2, -0.15) is 0 Å². The maximum atomic E-state index is 13.0. The maximum absolute atomic E-state index is 13.0. The third kappa shape index (κ3) is 5.48. The average molecular weight is 414 g/mol. The molecule has 0 bridgehead atoms. The monoisotopic (exact) mass is 414 g/mol. The van der Waals surface area contributed by atoms with Gasteiger partial charge < -0.3 is 15.3 Å². The number of phenols is 1. The van der Waals surface area contributed by atoms with Gasteiger partial charge in [0.15, 0.2) is 0 Å². The second-order valence-electron chi connectivity index (χ2n) is 7.56. The van der Waals surface area contributed by atoms with Gasteiger partial charge in [-0.05, 0) is 55.2 Å². The van der Waals surface area contributed by atoms with E-state index >= 15 is 0 Å². The Morgan fingerprint density at radius 1 is 1.13 bits per heavy atom. The lowest BCUT2D eigenvalue weighted by molar-refractivity contribution is -0.153. The van der Waals surface area contributed by atoms with Crippen molar-refractivity contribution in [2.24, 2.45) is 0 Å². The minimum Gasteiger partial charge on any atom is -0.508 e. The zero-order chi connectivity index (χ0) is 21.7. The molecule has 0 aliphatic carbocycles. The highest BCUT2D eigenvalue weighted by Crippen LogP contribution is 2.17. The molecule has 3 rings (SSSR count). The molecule has 2 aromatic rings. The summed E-state index contributed by atoms with van der Waals surface area (Å²) in [7, 11) is 1.70. The summed E-state index contributed by atoms with van der Waals surface area (Å²) in [6, 6.07) is 12.6. The van der Waals surface area contributed by atoms with Crippen molar-refractivity contribution in [2.75, 3.05) is 20.3 Å². The van der Waals surface area contributed by atoms with Gasteiger partial charge in [0, 0.05) is 19.6 Å².